The van der Waals surface area contributed by atoms with E-state index in [0.29, 0.717) is 13.0 Å². The molecular formula is C7H16N2O3S. The van der Waals surface area contributed by atoms with Gasteiger partial charge in [-0.05, 0) is 12.8 Å². The van der Waals surface area contributed by atoms with Crippen molar-refractivity contribution in [2.45, 2.75) is 31.7 Å². The SMILES string of the molecule is NS(=O)(=O)N1CCCCCC1CO. The average Bonchev–Trinajstić information content (AvgIpc) is 2.26. The molecule has 1 heterocycles. The molecule has 0 aliphatic carbocycles. The monoisotopic (exact) mass is 208 g/mol. The molecule has 0 aromatic carbocycles. The fourth-order valence-electron chi connectivity index (χ4n) is 1.67. The van der Waals surface area contributed by atoms with Crippen LogP contribution in [0.2, 0.25) is 0 Å². The Kier molecular flexibility index (Phi) is 3.66. The van der Waals surface area contributed by atoms with Crippen LogP contribution in [-0.2, 0) is 10.2 Å². The van der Waals surface area contributed by atoms with E-state index >= 15 is 0 Å². The molecule has 1 unspecified atom stereocenters. The van der Waals surface area contributed by atoms with E-state index in [1.807, 2.05) is 0 Å². The van der Waals surface area contributed by atoms with E-state index in [1.54, 1.807) is 0 Å². The van der Waals surface area contributed by atoms with Gasteiger partial charge in [0.1, 0.15) is 0 Å². The van der Waals surface area contributed by atoms with Gasteiger partial charge in [0.05, 0.1) is 6.61 Å². The largest absolute Gasteiger partial charge is 0.395 e. The van der Waals surface area contributed by atoms with Gasteiger partial charge in [0, 0.05) is 12.6 Å². The molecule has 1 rings (SSSR count). The molecule has 1 atom stereocenters. The average molecular weight is 208 g/mol. The third-order valence-corrected chi connectivity index (χ3v) is 3.50. The Labute approximate surface area is 78.7 Å². The van der Waals surface area contributed by atoms with Crippen molar-refractivity contribution < 1.29 is 13.5 Å². The highest BCUT2D eigenvalue weighted by Crippen LogP contribution is 2.17. The second kappa shape index (κ2) is 4.36. The maximum Gasteiger partial charge on any atom is 0.277 e. The molecule has 1 aliphatic heterocycles. The minimum absolute atomic E-state index is 0.142. The minimum Gasteiger partial charge on any atom is -0.395 e. The number of rotatable bonds is 2. The van der Waals surface area contributed by atoms with Gasteiger partial charge in [-0.15, -0.1) is 0 Å². The van der Waals surface area contributed by atoms with Gasteiger partial charge in [0.2, 0.25) is 0 Å². The lowest BCUT2D eigenvalue weighted by Crippen LogP contribution is -2.45. The molecule has 0 aromatic heterocycles. The molecule has 78 valence electrons. The van der Waals surface area contributed by atoms with Crippen LogP contribution in [0.5, 0.6) is 0 Å². The maximum atomic E-state index is 11.1. The molecule has 0 bridgehead atoms. The number of aliphatic hydroxyl groups is 1. The van der Waals surface area contributed by atoms with Gasteiger partial charge in [0.25, 0.3) is 10.2 Å². The second-order valence-electron chi connectivity index (χ2n) is 3.34. The van der Waals surface area contributed by atoms with E-state index < -0.39 is 10.2 Å². The van der Waals surface area contributed by atoms with Crippen molar-refractivity contribution >= 4 is 10.2 Å². The first-order chi connectivity index (χ1) is 6.05. The van der Waals surface area contributed by atoms with Gasteiger partial charge < -0.3 is 5.11 Å². The van der Waals surface area contributed by atoms with Crippen LogP contribution in [0.4, 0.5) is 0 Å². The zero-order valence-electron chi connectivity index (χ0n) is 7.52. The normalized spacial score (nSPS) is 27.1. The Morgan fingerprint density at radius 3 is 2.62 bits per heavy atom. The summed E-state index contributed by atoms with van der Waals surface area (Å²) in [5.41, 5.74) is 0. The third-order valence-electron chi connectivity index (χ3n) is 2.36. The molecule has 1 aliphatic rings. The Morgan fingerprint density at radius 1 is 1.38 bits per heavy atom. The molecule has 0 spiro atoms. The Bertz CT molecular complexity index is 252. The minimum atomic E-state index is -3.64. The number of nitrogens with two attached hydrogens (primary N) is 1. The van der Waals surface area contributed by atoms with Crippen LogP contribution < -0.4 is 5.14 Å². The first-order valence-corrected chi connectivity index (χ1v) is 5.96. The molecule has 13 heavy (non-hydrogen) atoms. The molecule has 6 heteroatoms. The summed E-state index contributed by atoms with van der Waals surface area (Å²) in [4.78, 5) is 0. The number of hydrogen-bond acceptors (Lipinski definition) is 3. The van der Waals surface area contributed by atoms with Crippen LogP contribution in [0.15, 0.2) is 0 Å². The molecule has 1 fully saturated rings. The first-order valence-electron chi connectivity index (χ1n) is 4.46. The smallest absolute Gasteiger partial charge is 0.277 e. The molecule has 0 amide bonds. The summed E-state index contributed by atoms with van der Waals surface area (Å²) in [6, 6.07) is -0.322. The molecular weight excluding hydrogens is 192 g/mol. The highest BCUT2D eigenvalue weighted by molar-refractivity contribution is 7.86. The summed E-state index contributed by atoms with van der Waals surface area (Å²) < 4.78 is 23.4. The molecule has 1 saturated heterocycles. The lowest BCUT2D eigenvalue weighted by Gasteiger charge is -2.25. The summed E-state index contributed by atoms with van der Waals surface area (Å²) in [6.45, 7) is 0.292. The van der Waals surface area contributed by atoms with Gasteiger partial charge in [-0.25, -0.2) is 5.14 Å². The van der Waals surface area contributed by atoms with Crippen LogP contribution in [0.3, 0.4) is 0 Å². The van der Waals surface area contributed by atoms with Gasteiger partial charge in [-0.1, -0.05) is 12.8 Å². The van der Waals surface area contributed by atoms with E-state index in [9.17, 15) is 8.42 Å². The fraction of sp³-hybridized carbons (Fsp3) is 1.00. The zero-order valence-corrected chi connectivity index (χ0v) is 8.33. The maximum absolute atomic E-state index is 11.1. The van der Waals surface area contributed by atoms with E-state index in [1.165, 1.54) is 4.31 Å². The van der Waals surface area contributed by atoms with Crippen molar-refractivity contribution in [2.75, 3.05) is 13.2 Å². The molecule has 5 nitrogen and oxygen atoms in total. The molecule has 0 radical (unpaired) electrons. The summed E-state index contributed by atoms with van der Waals surface area (Å²) in [7, 11) is -3.64. The van der Waals surface area contributed by atoms with E-state index in [-0.39, 0.29) is 12.6 Å². The van der Waals surface area contributed by atoms with Crippen molar-refractivity contribution in [3.05, 3.63) is 0 Å². The Morgan fingerprint density at radius 2 is 2.08 bits per heavy atom. The predicted octanol–water partition coefficient (Wildman–Crippen LogP) is -0.573. The number of hydrogen-bond donors (Lipinski definition) is 2. The molecule has 0 aromatic rings. The predicted molar refractivity (Wildman–Crippen MR) is 49.2 cm³/mol. The number of aliphatic hydroxyl groups excluding tert-OH is 1. The fourth-order valence-corrected chi connectivity index (χ4v) is 2.64. The molecule has 0 saturated carbocycles. The molecule has 3 N–H and O–H groups in total. The van der Waals surface area contributed by atoms with Gasteiger partial charge in [-0.3, -0.25) is 0 Å². The standard InChI is InChI=1S/C7H16N2O3S/c8-13(11,12)9-5-3-1-2-4-7(9)6-10/h7,10H,1-6H2,(H2,8,11,12). The van der Waals surface area contributed by atoms with Crippen LogP contribution in [0.1, 0.15) is 25.7 Å². The summed E-state index contributed by atoms with van der Waals surface area (Å²) in [6.07, 6.45) is 3.49. The van der Waals surface area contributed by atoms with Crippen LogP contribution >= 0.6 is 0 Å². The lowest BCUT2D eigenvalue weighted by molar-refractivity contribution is 0.186. The first kappa shape index (κ1) is 10.9. The Balaban J connectivity index is 2.77. The van der Waals surface area contributed by atoms with E-state index in [2.05, 4.69) is 0 Å². The highest BCUT2D eigenvalue weighted by atomic mass is 32.2. The van der Waals surface area contributed by atoms with Crippen molar-refractivity contribution in [3.63, 3.8) is 0 Å². The summed E-state index contributed by atoms with van der Waals surface area (Å²) >= 11 is 0. The highest BCUT2D eigenvalue weighted by Gasteiger charge is 2.27. The van der Waals surface area contributed by atoms with Crippen molar-refractivity contribution in [2.24, 2.45) is 5.14 Å². The van der Waals surface area contributed by atoms with Crippen LogP contribution in [-0.4, -0.2) is 37.0 Å². The number of nitrogens with zero attached hydrogens (tertiary/aromatic N) is 1. The summed E-state index contributed by atoms with van der Waals surface area (Å²) in [5.74, 6) is 0. The van der Waals surface area contributed by atoms with Gasteiger partial charge in [0.15, 0.2) is 0 Å². The summed E-state index contributed by atoms with van der Waals surface area (Å²) in [5, 5.41) is 14.0. The van der Waals surface area contributed by atoms with Crippen molar-refractivity contribution in [3.8, 4) is 0 Å². The van der Waals surface area contributed by atoms with Crippen LogP contribution in [0, 0.1) is 0 Å². The topological polar surface area (TPSA) is 83.6 Å². The van der Waals surface area contributed by atoms with Gasteiger partial charge >= 0.3 is 0 Å². The van der Waals surface area contributed by atoms with Crippen LogP contribution in [0.25, 0.3) is 0 Å². The van der Waals surface area contributed by atoms with E-state index in [4.69, 9.17) is 10.2 Å². The Hall–Kier alpha value is -0.170. The van der Waals surface area contributed by atoms with E-state index in [0.717, 1.165) is 19.3 Å². The van der Waals surface area contributed by atoms with Crippen molar-refractivity contribution in [1.29, 1.82) is 0 Å². The second-order valence-corrected chi connectivity index (χ2v) is 4.84. The quantitative estimate of drug-likeness (QED) is 0.637. The lowest BCUT2D eigenvalue weighted by atomic mass is 10.1. The van der Waals surface area contributed by atoms with Crippen molar-refractivity contribution in [1.82, 2.24) is 4.31 Å². The third kappa shape index (κ3) is 2.91. The van der Waals surface area contributed by atoms with Gasteiger partial charge in [-0.2, -0.15) is 12.7 Å². The zero-order chi connectivity index (χ0) is 9.90.